The van der Waals surface area contributed by atoms with Crippen LogP contribution in [-0.4, -0.2) is 26.8 Å². The van der Waals surface area contributed by atoms with Crippen molar-refractivity contribution in [1.29, 1.82) is 0 Å². The summed E-state index contributed by atoms with van der Waals surface area (Å²) in [6.07, 6.45) is 1.09. The average molecular weight is 222 g/mol. The smallest absolute Gasteiger partial charge is 0.231 e. The summed E-state index contributed by atoms with van der Waals surface area (Å²) in [7, 11) is -1.66. The van der Waals surface area contributed by atoms with E-state index in [4.69, 9.17) is 4.74 Å². The third kappa shape index (κ3) is 3.71. The summed E-state index contributed by atoms with van der Waals surface area (Å²) in [5, 5.41) is 2.12. The highest BCUT2D eigenvalue weighted by Crippen LogP contribution is 2.16. The number of thiazole rings is 1. The first-order valence-electron chi connectivity index (χ1n) is 3.42. The normalized spacial score (nSPS) is 11.5. The van der Waals surface area contributed by atoms with Gasteiger partial charge in [0.2, 0.25) is 10.0 Å². The number of nitrogens with one attached hydrogen (secondary N) is 1. The zero-order valence-corrected chi connectivity index (χ0v) is 8.91. The second kappa shape index (κ2) is 4.03. The SMILES string of the molecule is COCc1csc(NS(C)(=O)=O)n1. The Morgan fingerprint density at radius 3 is 2.92 bits per heavy atom. The van der Waals surface area contributed by atoms with Gasteiger partial charge in [-0.15, -0.1) is 11.3 Å². The number of rotatable bonds is 4. The number of sulfonamides is 1. The largest absolute Gasteiger partial charge is 0.378 e. The van der Waals surface area contributed by atoms with Gasteiger partial charge < -0.3 is 4.74 Å². The van der Waals surface area contributed by atoms with Gasteiger partial charge in [-0.05, 0) is 0 Å². The first kappa shape index (κ1) is 10.4. The van der Waals surface area contributed by atoms with Crippen molar-refractivity contribution in [2.24, 2.45) is 0 Å². The van der Waals surface area contributed by atoms with Crippen molar-refractivity contribution in [3.05, 3.63) is 11.1 Å². The molecule has 0 atom stereocenters. The van der Waals surface area contributed by atoms with Gasteiger partial charge in [0.05, 0.1) is 18.6 Å². The summed E-state index contributed by atoms with van der Waals surface area (Å²) in [5.41, 5.74) is 0.721. The number of ether oxygens (including phenoxy) is 1. The van der Waals surface area contributed by atoms with Crippen molar-refractivity contribution in [3.63, 3.8) is 0 Å². The third-order valence-electron chi connectivity index (χ3n) is 1.12. The number of methoxy groups -OCH3 is 1. The summed E-state index contributed by atoms with van der Waals surface area (Å²) in [6, 6.07) is 0. The lowest BCUT2D eigenvalue weighted by atomic mass is 10.5. The molecule has 0 aliphatic heterocycles. The van der Waals surface area contributed by atoms with Crippen molar-refractivity contribution in [1.82, 2.24) is 4.98 Å². The van der Waals surface area contributed by atoms with Gasteiger partial charge in [-0.25, -0.2) is 13.4 Å². The standard InChI is InChI=1S/C6H10N2O3S2/c1-11-3-5-4-12-6(7-5)8-13(2,9)10/h4H,3H2,1-2H3,(H,7,8). The minimum Gasteiger partial charge on any atom is -0.378 e. The molecule has 0 aliphatic rings. The van der Waals surface area contributed by atoms with E-state index in [9.17, 15) is 8.42 Å². The van der Waals surface area contributed by atoms with E-state index in [0.717, 1.165) is 11.9 Å². The summed E-state index contributed by atoms with van der Waals surface area (Å²) >= 11 is 1.23. The molecular formula is C6H10N2O3S2. The van der Waals surface area contributed by atoms with Crippen LogP contribution in [0.4, 0.5) is 5.13 Å². The molecule has 0 aromatic carbocycles. The van der Waals surface area contributed by atoms with Crippen LogP contribution < -0.4 is 4.72 Å². The highest BCUT2D eigenvalue weighted by molar-refractivity contribution is 7.92. The maximum atomic E-state index is 10.8. The molecule has 0 saturated heterocycles. The quantitative estimate of drug-likeness (QED) is 0.812. The third-order valence-corrected chi connectivity index (χ3v) is 2.62. The fourth-order valence-corrected chi connectivity index (χ4v) is 2.27. The van der Waals surface area contributed by atoms with Gasteiger partial charge in [-0.1, -0.05) is 0 Å². The highest BCUT2D eigenvalue weighted by atomic mass is 32.2. The van der Waals surface area contributed by atoms with Crippen LogP contribution in [0.25, 0.3) is 0 Å². The van der Waals surface area contributed by atoms with Crippen LogP contribution in [0.2, 0.25) is 0 Å². The number of nitrogens with zero attached hydrogens (tertiary/aromatic N) is 1. The Labute approximate surface area is 80.8 Å². The number of hydrogen-bond donors (Lipinski definition) is 1. The van der Waals surface area contributed by atoms with Gasteiger partial charge >= 0.3 is 0 Å². The Balaban J connectivity index is 2.69. The van der Waals surface area contributed by atoms with Gasteiger partial charge in [-0.2, -0.15) is 0 Å². The van der Waals surface area contributed by atoms with Gasteiger partial charge in [0.15, 0.2) is 5.13 Å². The van der Waals surface area contributed by atoms with Gasteiger partial charge in [0.25, 0.3) is 0 Å². The van der Waals surface area contributed by atoms with E-state index in [-0.39, 0.29) is 0 Å². The van der Waals surface area contributed by atoms with Crippen LogP contribution in [0.3, 0.4) is 0 Å². The van der Waals surface area contributed by atoms with Gasteiger partial charge in [-0.3, -0.25) is 4.72 Å². The first-order valence-corrected chi connectivity index (χ1v) is 6.19. The molecule has 0 bridgehead atoms. The predicted octanol–water partition coefficient (Wildman–Crippen LogP) is 0.661. The number of hydrogen-bond acceptors (Lipinski definition) is 5. The maximum absolute atomic E-state index is 10.8. The Hall–Kier alpha value is -0.660. The molecule has 1 N–H and O–H groups in total. The van der Waals surface area contributed by atoms with Crippen molar-refractivity contribution in [2.45, 2.75) is 6.61 Å². The molecule has 0 radical (unpaired) electrons. The minimum atomic E-state index is -3.22. The van der Waals surface area contributed by atoms with Gasteiger partial charge in [0, 0.05) is 12.5 Å². The van der Waals surface area contributed by atoms with Crippen LogP contribution in [0, 0.1) is 0 Å². The molecule has 0 aliphatic carbocycles. The van der Waals surface area contributed by atoms with Crippen molar-refractivity contribution < 1.29 is 13.2 Å². The van der Waals surface area contributed by atoms with Crippen LogP contribution in [0.5, 0.6) is 0 Å². The van der Waals surface area contributed by atoms with E-state index in [0.29, 0.717) is 11.7 Å². The average Bonchev–Trinajstić information content (AvgIpc) is 2.33. The summed E-state index contributed by atoms with van der Waals surface area (Å²) in [5.74, 6) is 0. The Morgan fingerprint density at radius 1 is 1.69 bits per heavy atom. The number of anilines is 1. The topological polar surface area (TPSA) is 68.3 Å². The monoisotopic (exact) mass is 222 g/mol. The molecule has 0 amide bonds. The Kier molecular flexibility index (Phi) is 3.23. The second-order valence-electron chi connectivity index (χ2n) is 2.45. The molecule has 1 aromatic heterocycles. The lowest BCUT2D eigenvalue weighted by Crippen LogP contribution is -2.09. The number of aromatic nitrogens is 1. The van der Waals surface area contributed by atoms with Crippen LogP contribution >= 0.6 is 11.3 Å². The van der Waals surface area contributed by atoms with Crippen LogP contribution in [0.15, 0.2) is 5.38 Å². The molecule has 74 valence electrons. The van der Waals surface area contributed by atoms with Gasteiger partial charge in [0.1, 0.15) is 0 Å². The molecular weight excluding hydrogens is 212 g/mol. The van der Waals surface area contributed by atoms with E-state index in [1.807, 2.05) is 0 Å². The van der Waals surface area contributed by atoms with Crippen molar-refractivity contribution in [3.8, 4) is 0 Å². The molecule has 0 spiro atoms. The van der Waals surface area contributed by atoms with E-state index in [1.165, 1.54) is 11.3 Å². The molecule has 1 aromatic rings. The van der Waals surface area contributed by atoms with E-state index in [1.54, 1.807) is 12.5 Å². The minimum absolute atomic E-state index is 0.370. The fraction of sp³-hybridized carbons (Fsp3) is 0.500. The van der Waals surface area contributed by atoms with E-state index in [2.05, 4.69) is 9.71 Å². The summed E-state index contributed by atoms with van der Waals surface area (Å²) in [4.78, 5) is 3.99. The molecule has 1 heterocycles. The Bertz CT molecular complexity index is 371. The van der Waals surface area contributed by atoms with Crippen LogP contribution in [0.1, 0.15) is 5.69 Å². The van der Waals surface area contributed by atoms with Crippen LogP contribution in [-0.2, 0) is 21.4 Å². The molecule has 13 heavy (non-hydrogen) atoms. The first-order chi connectivity index (χ1) is 6.01. The predicted molar refractivity (Wildman–Crippen MR) is 51.3 cm³/mol. The van der Waals surface area contributed by atoms with Crippen molar-refractivity contribution >= 4 is 26.5 Å². The molecule has 0 saturated carbocycles. The van der Waals surface area contributed by atoms with Crippen molar-refractivity contribution in [2.75, 3.05) is 18.1 Å². The maximum Gasteiger partial charge on any atom is 0.231 e. The zero-order valence-electron chi connectivity index (χ0n) is 7.27. The lowest BCUT2D eigenvalue weighted by Gasteiger charge is -1.96. The molecule has 0 fully saturated rings. The highest BCUT2D eigenvalue weighted by Gasteiger charge is 2.06. The molecule has 0 unspecified atom stereocenters. The second-order valence-corrected chi connectivity index (χ2v) is 5.06. The summed E-state index contributed by atoms with van der Waals surface area (Å²) < 4.78 is 28.7. The Morgan fingerprint density at radius 2 is 2.38 bits per heavy atom. The zero-order chi connectivity index (χ0) is 9.90. The summed E-state index contributed by atoms with van der Waals surface area (Å²) in [6.45, 7) is 0.391. The molecule has 1 rings (SSSR count). The van der Waals surface area contributed by atoms with E-state index < -0.39 is 10.0 Å². The lowest BCUT2D eigenvalue weighted by molar-refractivity contribution is 0.182. The molecule has 7 heteroatoms. The fourth-order valence-electron chi connectivity index (χ4n) is 0.727. The molecule has 5 nitrogen and oxygen atoms in total. The van der Waals surface area contributed by atoms with E-state index >= 15 is 0 Å².